The molecule has 0 radical (unpaired) electrons. The molecule has 11 heteroatoms. The van der Waals surface area contributed by atoms with Gasteiger partial charge in [0.05, 0.1) is 6.20 Å². The molecule has 0 saturated carbocycles. The van der Waals surface area contributed by atoms with E-state index in [0.29, 0.717) is 23.1 Å². The number of nitrogen functional groups attached to an aromatic ring is 1. The first kappa shape index (κ1) is 16.8. The number of nitrogens with zero attached hydrogens (tertiary/aromatic N) is 8. The molecule has 4 N–H and O–H groups in total. The van der Waals surface area contributed by atoms with Crippen molar-refractivity contribution in [2.75, 3.05) is 30.5 Å². The van der Waals surface area contributed by atoms with Gasteiger partial charge in [0.2, 0.25) is 5.95 Å². The van der Waals surface area contributed by atoms with E-state index in [-0.39, 0.29) is 17.3 Å². The van der Waals surface area contributed by atoms with Gasteiger partial charge < -0.3 is 16.4 Å². The molecule has 3 aromatic rings. The van der Waals surface area contributed by atoms with E-state index < -0.39 is 0 Å². The van der Waals surface area contributed by atoms with E-state index in [1.165, 1.54) is 10.9 Å². The number of anilines is 3. The zero-order valence-corrected chi connectivity index (χ0v) is 14.0. The van der Waals surface area contributed by atoms with Crippen molar-refractivity contribution in [3.63, 3.8) is 0 Å². The fraction of sp³-hybridized carbons (Fsp3) is 0.133. The lowest BCUT2D eigenvalue weighted by atomic mass is 10.3. The van der Waals surface area contributed by atoms with Crippen LogP contribution in [0.25, 0.3) is 5.82 Å². The van der Waals surface area contributed by atoms with Crippen molar-refractivity contribution in [1.29, 1.82) is 5.26 Å². The number of nitrogens with two attached hydrogens (primary N) is 1. The van der Waals surface area contributed by atoms with Crippen LogP contribution in [0.3, 0.4) is 0 Å². The standard InChI is InChI=1S/C15H15N11/c1-18-12-11(13(19-2)23-15(17)22-12)24-25-14-9(7-16)8-21-26(14)10-5-3-4-6-20-10/h3-6,8H,1-2H3,(H4,17,18,19,22,23). The first-order chi connectivity index (χ1) is 12.7. The maximum atomic E-state index is 9.32. The Bertz CT molecular complexity index is 960. The van der Waals surface area contributed by atoms with Gasteiger partial charge >= 0.3 is 0 Å². The highest BCUT2D eigenvalue weighted by molar-refractivity contribution is 5.74. The van der Waals surface area contributed by atoms with E-state index in [1.54, 1.807) is 32.4 Å². The molecule has 130 valence electrons. The van der Waals surface area contributed by atoms with Gasteiger partial charge in [-0.25, -0.2) is 4.98 Å². The summed E-state index contributed by atoms with van der Waals surface area (Å²) in [6, 6.07) is 7.38. The average Bonchev–Trinajstić information content (AvgIpc) is 3.09. The van der Waals surface area contributed by atoms with Crippen LogP contribution in [0.15, 0.2) is 40.8 Å². The van der Waals surface area contributed by atoms with Crippen LogP contribution in [0, 0.1) is 11.3 Å². The van der Waals surface area contributed by atoms with Gasteiger partial charge in [-0.1, -0.05) is 6.07 Å². The summed E-state index contributed by atoms with van der Waals surface area (Å²) in [6.45, 7) is 0. The number of aromatic nitrogens is 5. The number of nitriles is 1. The summed E-state index contributed by atoms with van der Waals surface area (Å²) < 4.78 is 1.43. The smallest absolute Gasteiger partial charge is 0.224 e. The Kier molecular flexibility index (Phi) is 4.66. The molecule has 0 aromatic carbocycles. The number of nitrogens with one attached hydrogen (secondary N) is 2. The maximum absolute atomic E-state index is 9.32. The molecule has 0 aliphatic heterocycles. The number of pyridine rings is 1. The van der Waals surface area contributed by atoms with E-state index >= 15 is 0 Å². The van der Waals surface area contributed by atoms with Gasteiger partial charge in [0.1, 0.15) is 11.6 Å². The Labute approximate surface area is 148 Å². The first-order valence-electron chi connectivity index (χ1n) is 7.52. The quantitative estimate of drug-likeness (QED) is 0.591. The number of hydrogen-bond acceptors (Lipinski definition) is 10. The van der Waals surface area contributed by atoms with Gasteiger partial charge in [0, 0.05) is 20.3 Å². The third kappa shape index (κ3) is 3.11. The van der Waals surface area contributed by atoms with Gasteiger partial charge in [-0.2, -0.15) is 25.0 Å². The highest BCUT2D eigenvalue weighted by Crippen LogP contribution is 2.33. The largest absolute Gasteiger partial charge is 0.371 e. The SMILES string of the molecule is CNc1nc(N)nc(NC)c1N=Nc1c(C#N)cnn1-c1ccccn1. The summed E-state index contributed by atoms with van der Waals surface area (Å²) >= 11 is 0. The monoisotopic (exact) mass is 349 g/mol. The molecule has 0 amide bonds. The molecule has 0 spiro atoms. The number of hydrogen-bond donors (Lipinski definition) is 3. The predicted octanol–water partition coefficient (Wildman–Crippen LogP) is 2.01. The van der Waals surface area contributed by atoms with Crippen LogP contribution in [0.5, 0.6) is 0 Å². The second kappa shape index (κ2) is 7.22. The molecule has 0 unspecified atom stereocenters. The van der Waals surface area contributed by atoms with Crippen molar-refractivity contribution >= 4 is 29.1 Å². The first-order valence-corrected chi connectivity index (χ1v) is 7.52. The molecule has 3 heterocycles. The minimum Gasteiger partial charge on any atom is -0.371 e. The molecule has 0 fully saturated rings. The van der Waals surface area contributed by atoms with E-state index in [4.69, 9.17) is 5.73 Å². The fourth-order valence-electron chi connectivity index (χ4n) is 2.18. The Morgan fingerprint density at radius 1 is 1.15 bits per heavy atom. The Hall–Kier alpha value is -4.07. The summed E-state index contributed by atoms with van der Waals surface area (Å²) in [5.41, 5.74) is 6.28. The zero-order chi connectivity index (χ0) is 18.5. The van der Waals surface area contributed by atoms with Crippen molar-refractivity contribution in [2.24, 2.45) is 10.2 Å². The Morgan fingerprint density at radius 2 is 1.88 bits per heavy atom. The van der Waals surface area contributed by atoms with Crippen molar-refractivity contribution < 1.29 is 0 Å². The molecule has 3 aromatic heterocycles. The molecule has 0 saturated heterocycles. The van der Waals surface area contributed by atoms with Crippen LogP contribution in [0.1, 0.15) is 5.56 Å². The summed E-state index contributed by atoms with van der Waals surface area (Å²) in [5, 5.41) is 27.7. The van der Waals surface area contributed by atoms with Crippen molar-refractivity contribution in [1.82, 2.24) is 24.7 Å². The molecular formula is C15H15N11. The minimum absolute atomic E-state index is 0.0916. The summed E-state index contributed by atoms with van der Waals surface area (Å²) in [6.07, 6.45) is 3.02. The second-order valence-corrected chi connectivity index (χ2v) is 4.92. The Balaban J connectivity index is 2.11. The second-order valence-electron chi connectivity index (χ2n) is 4.92. The lowest BCUT2D eigenvalue weighted by molar-refractivity contribution is 0.839. The van der Waals surface area contributed by atoms with Crippen LogP contribution in [0.2, 0.25) is 0 Å². The van der Waals surface area contributed by atoms with Crippen molar-refractivity contribution in [3.8, 4) is 11.9 Å². The van der Waals surface area contributed by atoms with Gasteiger partial charge in [0.15, 0.2) is 29.0 Å². The third-order valence-electron chi connectivity index (χ3n) is 3.35. The zero-order valence-electron chi connectivity index (χ0n) is 14.0. The summed E-state index contributed by atoms with van der Waals surface area (Å²) in [5.74, 6) is 1.64. The molecule has 0 aliphatic carbocycles. The van der Waals surface area contributed by atoms with Crippen LogP contribution in [0.4, 0.5) is 29.1 Å². The fourth-order valence-corrected chi connectivity index (χ4v) is 2.18. The number of rotatable bonds is 5. The van der Waals surface area contributed by atoms with Crippen LogP contribution in [-0.2, 0) is 0 Å². The predicted molar refractivity (Wildman–Crippen MR) is 95.8 cm³/mol. The summed E-state index contributed by atoms with van der Waals surface area (Å²) in [7, 11) is 3.36. The lowest BCUT2D eigenvalue weighted by Crippen LogP contribution is -2.04. The van der Waals surface area contributed by atoms with Crippen molar-refractivity contribution in [3.05, 3.63) is 36.2 Å². The Morgan fingerprint density at radius 3 is 2.46 bits per heavy atom. The van der Waals surface area contributed by atoms with Gasteiger partial charge in [-0.05, 0) is 12.1 Å². The van der Waals surface area contributed by atoms with Crippen LogP contribution in [-0.4, -0.2) is 38.8 Å². The van der Waals surface area contributed by atoms with Gasteiger partial charge in [0.25, 0.3) is 0 Å². The highest BCUT2D eigenvalue weighted by atomic mass is 15.4. The van der Waals surface area contributed by atoms with E-state index in [1.807, 2.05) is 12.1 Å². The van der Waals surface area contributed by atoms with Gasteiger partial charge in [-0.3, -0.25) is 0 Å². The summed E-state index contributed by atoms with van der Waals surface area (Å²) in [4.78, 5) is 12.4. The number of azo groups is 1. The van der Waals surface area contributed by atoms with Crippen LogP contribution >= 0.6 is 0 Å². The molecule has 11 nitrogen and oxygen atoms in total. The molecule has 26 heavy (non-hydrogen) atoms. The molecule has 0 aliphatic rings. The maximum Gasteiger partial charge on any atom is 0.224 e. The normalized spacial score (nSPS) is 10.7. The molecule has 0 atom stereocenters. The third-order valence-corrected chi connectivity index (χ3v) is 3.35. The topological polar surface area (TPSA) is 155 Å². The highest BCUT2D eigenvalue weighted by Gasteiger charge is 2.15. The average molecular weight is 349 g/mol. The van der Waals surface area contributed by atoms with E-state index in [2.05, 4.69) is 40.9 Å². The van der Waals surface area contributed by atoms with E-state index in [0.717, 1.165) is 0 Å². The van der Waals surface area contributed by atoms with Crippen molar-refractivity contribution in [2.45, 2.75) is 0 Å². The van der Waals surface area contributed by atoms with Gasteiger partial charge in [-0.15, -0.1) is 10.2 Å². The minimum atomic E-state index is 0.0916. The molecular weight excluding hydrogens is 334 g/mol. The lowest BCUT2D eigenvalue weighted by Gasteiger charge is -2.09. The van der Waals surface area contributed by atoms with E-state index in [9.17, 15) is 5.26 Å². The van der Waals surface area contributed by atoms with Crippen LogP contribution < -0.4 is 16.4 Å². The molecule has 0 bridgehead atoms. The molecule has 3 rings (SSSR count).